The molecule has 2 N–H and O–H groups in total. The monoisotopic (exact) mass is 202 g/mol. The van der Waals surface area contributed by atoms with Crippen molar-refractivity contribution in [2.45, 2.75) is 19.9 Å². The van der Waals surface area contributed by atoms with Crippen LogP contribution in [0.4, 0.5) is 0 Å². The molecule has 1 unspecified atom stereocenters. The van der Waals surface area contributed by atoms with Gasteiger partial charge in [-0.15, -0.1) is 5.10 Å². The van der Waals surface area contributed by atoms with Gasteiger partial charge in [0, 0.05) is 0 Å². The standard InChI is InChI=1S/C11H14N4/c1-8-4-3-5-10(6-8)15-7-13-11(14-15)9(2)12/h3-7,9H,12H2,1-2H3. The number of benzene rings is 1. The zero-order valence-corrected chi connectivity index (χ0v) is 8.88. The molecule has 0 aliphatic rings. The van der Waals surface area contributed by atoms with Gasteiger partial charge in [-0.05, 0) is 31.5 Å². The summed E-state index contributed by atoms with van der Waals surface area (Å²) >= 11 is 0. The van der Waals surface area contributed by atoms with E-state index in [1.165, 1.54) is 5.56 Å². The zero-order valence-electron chi connectivity index (χ0n) is 8.88. The predicted octanol–water partition coefficient (Wildman–Crippen LogP) is 1.60. The van der Waals surface area contributed by atoms with Crippen molar-refractivity contribution in [2.75, 3.05) is 0 Å². The van der Waals surface area contributed by atoms with E-state index in [0.717, 1.165) is 5.69 Å². The molecular formula is C11H14N4. The van der Waals surface area contributed by atoms with Gasteiger partial charge in [-0.3, -0.25) is 0 Å². The van der Waals surface area contributed by atoms with Gasteiger partial charge in [0.15, 0.2) is 5.82 Å². The SMILES string of the molecule is Cc1cccc(-n2cnc(C(C)N)n2)c1. The molecule has 0 fully saturated rings. The number of rotatable bonds is 2. The van der Waals surface area contributed by atoms with E-state index in [-0.39, 0.29) is 6.04 Å². The van der Waals surface area contributed by atoms with E-state index in [1.54, 1.807) is 11.0 Å². The Hall–Kier alpha value is -1.68. The molecule has 0 aliphatic carbocycles. The molecule has 0 saturated heterocycles. The molecule has 1 aromatic carbocycles. The van der Waals surface area contributed by atoms with Crippen LogP contribution in [0.15, 0.2) is 30.6 Å². The van der Waals surface area contributed by atoms with Crippen molar-refractivity contribution in [3.8, 4) is 5.69 Å². The summed E-state index contributed by atoms with van der Waals surface area (Å²) in [4.78, 5) is 4.15. The highest BCUT2D eigenvalue weighted by Crippen LogP contribution is 2.10. The Balaban J connectivity index is 2.37. The van der Waals surface area contributed by atoms with Crippen LogP contribution in [-0.2, 0) is 0 Å². The Kier molecular flexibility index (Phi) is 2.51. The van der Waals surface area contributed by atoms with Crippen LogP contribution in [0.1, 0.15) is 24.4 Å². The Morgan fingerprint density at radius 2 is 2.20 bits per heavy atom. The van der Waals surface area contributed by atoms with Crippen LogP contribution in [0.5, 0.6) is 0 Å². The average Bonchev–Trinajstić information content (AvgIpc) is 2.66. The number of nitrogens with two attached hydrogens (primary N) is 1. The van der Waals surface area contributed by atoms with Gasteiger partial charge in [0.25, 0.3) is 0 Å². The molecule has 4 nitrogen and oxygen atoms in total. The summed E-state index contributed by atoms with van der Waals surface area (Å²) < 4.78 is 1.74. The van der Waals surface area contributed by atoms with E-state index in [0.29, 0.717) is 5.82 Å². The highest BCUT2D eigenvalue weighted by molar-refractivity contribution is 5.34. The van der Waals surface area contributed by atoms with Crippen molar-refractivity contribution in [1.82, 2.24) is 14.8 Å². The van der Waals surface area contributed by atoms with Crippen LogP contribution >= 0.6 is 0 Å². The molecule has 0 bridgehead atoms. The van der Waals surface area contributed by atoms with Crippen LogP contribution in [-0.4, -0.2) is 14.8 Å². The highest BCUT2D eigenvalue weighted by atomic mass is 15.3. The maximum atomic E-state index is 5.70. The van der Waals surface area contributed by atoms with E-state index in [1.807, 2.05) is 32.0 Å². The van der Waals surface area contributed by atoms with Crippen LogP contribution in [0, 0.1) is 6.92 Å². The van der Waals surface area contributed by atoms with Crippen LogP contribution in [0.25, 0.3) is 5.69 Å². The second-order valence-corrected chi connectivity index (χ2v) is 3.68. The third-order valence-corrected chi connectivity index (χ3v) is 2.18. The summed E-state index contributed by atoms with van der Waals surface area (Å²) in [6, 6.07) is 7.97. The fourth-order valence-corrected chi connectivity index (χ4v) is 1.38. The minimum absolute atomic E-state index is 0.129. The first-order valence-electron chi connectivity index (χ1n) is 4.91. The molecule has 4 heteroatoms. The van der Waals surface area contributed by atoms with Crippen molar-refractivity contribution in [1.29, 1.82) is 0 Å². The normalized spacial score (nSPS) is 12.7. The minimum atomic E-state index is -0.129. The zero-order chi connectivity index (χ0) is 10.8. The molecule has 1 heterocycles. The molecule has 0 spiro atoms. The van der Waals surface area contributed by atoms with E-state index in [4.69, 9.17) is 5.73 Å². The largest absolute Gasteiger partial charge is 0.321 e. The van der Waals surface area contributed by atoms with Gasteiger partial charge in [0.2, 0.25) is 0 Å². The number of hydrogen-bond acceptors (Lipinski definition) is 3. The molecular weight excluding hydrogens is 188 g/mol. The smallest absolute Gasteiger partial charge is 0.167 e. The van der Waals surface area contributed by atoms with Gasteiger partial charge in [-0.25, -0.2) is 9.67 Å². The lowest BCUT2D eigenvalue weighted by atomic mass is 10.2. The summed E-state index contributed by atoms with van der Waals surface area (Å²) in [5.41, 5.74) is 7.90. The van der Waals surface area contributed by atoms with Crippen molar-refractivity contribution in [3.05, 3.63) is 42.0 Å². The molecule has 0 radical (unpaired) electrons. The van der Waals surface area contributed by atoms with Crippen molar-refractivity contribution in [3.63, 3.8) is 0 Å². The van der Waals surface area contributed by atoms with E-state index in [9.17, 15) is 0 Å². The average molecular weight is 202 g/mol. The lowest BCUT2D eigenvalue weighted by Gasteiger charge is -2.01. The first-order chi connectivity index (χ1) is 7.16. The molecule has 2 rings (SSSR count). The molecule has 1 atom stereocenters. The Bertz CT molecular complexity index is 459. The number of hydrogen-bond donors (Lipinski definition) is 1. The predicted molar refractivity (Wildman–Crippen MR) is 58.7 cm³/mol. The first kappa shape index (κ1) is 9.86. The van der Waals surface area contributed by atoms with Crippen LogP contribution in [0.3, 0.4) is 0 Å². The Labute approximate surface area is 88.8 Å². The van der Waals surface area contributed by atoms with E-state index >= 15 is 0 Å². The summed E-state index contributed by atoms with van der Waals surface area (Å²) in [5.74, 6) is 0.663. The second-order valence-electron chi connectivity index (χ2n) is 3.68. The summed E-state index contributed by atoms with van der Waals surface area (Å²) in [6.07, 6.45) is 1.69. The van der Waals surface area contributed by atoms with Gasteiger partial charge in [-0.2, -0.15) is 0 Å². The molecule has 0 aliphatic heterocycles. The lowest BCUT2D eigenvalue weighted by Crippen LogP contribution is -2.07. The fraction of sp³-hybridized carbons (Fsp3) is 0.273. The van der Waals surface area contributed by atoms with Crippen LogP contribution in [0.2, 0.25) is 0 Å². The maximum absolute atomic E-state index is 5.70. The number of aryl methyl sites for hydroxylation is 1. The molecule has 0 amide bonds. The van der Waals surface area contributed by atoms with Gasteiger partial charge in [-0.1, -0.05) is 12.1 Å². The second kappa shape index (κ2) is 3.82. The maximum Gasteiger partial charge on any atom is 0.167 e. The van der Waals surface area contributed by atoms with E-state index < -0.39 is 0 Å². The molecule has 2 aromatic rings. The van der Waals surface area contributed by atoms with Gasteiger partial charge in [0.05, 0.1) is 11.7 Å². The molecule has 15 heavy (non-hydrogen) atoms. The van der Waals surface area contributed by atoms with Gasteiger partial charge >= 0.3 is 0 Å². The van der Waals surface area contributed by atoms with Gasteiger partial charge in [0.1, 0.15) is 6.33 Å². The highest BCUT2D eigenvalue weighted by Gasteiger charge is 2.06. The lowest BCUT2D eigenvalue weighted by molar-refractivity contribution is 0.725. The summed E-state index contributed by atoms with van der Waals surface area (Å²) in [7, 11) is 0. The third kappa shape index (κ3) is 2.05. The van der Waals surface area contributed by atoms with E-state index in [2.05, 4.69) is 16.1 Å². The minimum Gasteiger partial charge on any atom is -0.321 e. The van der Waals surface area contributed by atoms with Crippen molar-refractivity contribution < 1.29 is 0 Å². The molecule has 78 valence electrons. The van der Waals surface area contributed by atoms with Crippen molar-refractivity contribution >= 4 is 0 Å². The topological polar surface area (TPSA) is 56.7 Å². The third-order valence-electron chi connectivity index (χ3n) is 2.18. The molecule has 1 aromatic heterocycles. The quantitative estimate of drug-likeness (QED) is 0.804. The Morgan fingerprint density at radius 3 is 2.80 bits per heavy atom. The van der Waals surface area contributed by atoms with Gasteiger partial charge < -0.3 is 5.73 Å². The fourth-order valence-electron chi connectivity index (χ4n) is 1.38. The first-order valence-corrected chi connectivity index (χ1v) is 4.91. The summed E-state index contributed by atoms with van der Waals surface area (Å²) in [5, 5.41) is 4.30. The van der Waals surface area contributed by atoms with Crippen LogP contribution < -0.4 is 5.73 Å². The molecule has 0 saturated carbocycles. The number of aromatic nitrogens is 3. The van der Waals surface area contributed by atoms with Crippen molar-refractivity contribution in [2.24, 2.45) is 5.73 Å². The summed E-state index contributed by atoms with van der Waals surface area (Å²) in [6.45, 7) is 3.92. The Morgan fingerprint density at radius 1 is 1.40 bits per heavy atom. The number of nitrogens with zero attached hydrogens (tertiary/aromatic N) is 3.